The van der Waals surface area contributed by atoms with E-state index in [1.54, 1.807) is 24.3 Å². The Morgan fingerprint density at radius 1 is 1.19 bits per heavy atom. The van der Waals surface area contributed by atoms with Crippen LogP contribution in [0.15, 0.2) is 36.4 Å². The zero-order valence-electron chi connectivity index (χ0n) is 20.4. The number of nitrogens with one attached hydrogen (secondary N) is 2. The second-order valence-corrected chi connectivity index (χ2v) is 9.55. The number of carboxylic acid groups (broad SMARTS) is 1. The van der Waals surface area contributed by atoms with Gasteiger partial charge in [-0.2, -0.15) is 5.26 Å². The first-order valence-electron chi connectivity index (χ1n) is 12.5. The molecule has 188 valence electrons. The van der Waals surface area contributed by atoms with E-state index >= 15 is 0 Å². The summed E-state index contributed by atoms with van der Waals surface area (Å²) in [6, 6.07) is 12.6. The number of anilines is 1. The number of ether oxygens (including phenoxy) is 1. The largest absolute Gasteiger partial charge is 0.493 e. The van der Waals surface area contributed by atoms with Crippen LogP contribution in [0.3, 0.4) is 0 Å². The summed E-state index contributed by atoms with van der Waals surface area (Å²) in [7, 11) is 0. The van der Waals surface area contributed by atoms with Crippen LogP contribution in [0, 0.1) is 17.2 Å². The van der Waals surface area contributed by atoms with E-state index in [4.69, 9.17) is 9.84 Å². The van der Waals surface area contributed by atoms with Crippen LogP contribution < -0.4 is 15.4 Å². The van der Waals surface area contributed by atoms with Crippen molar-refractivity contribution in [2.75, 3.05) is 18.5 Å². The Kier molecular flexibility index (Phi) is 7.58. The summed E-state index contributed by atoms with van der Waals surface area (Å²) < 4.78 is 5.84. The number of carboxylic acids is 1. The Morgan fingerprint density at radius 3 is 2.78 bits per heavy atom. The summed E-state index contributed by atoms with van der Waals surface area (Å²) in [5, 5.41) is 24.2. The van der Waals surface area contributed by atoms with E-state index < -0.39 is 5.97 Å². The fourth-order valence-electron chi connectivity index (χ4n) is 5.00. The first-order chi connectivity index (χ1) is 17.4. The lowest BCUT2D eigenvalue weighted by molar-refractivity contribution is -0.137. The van der Waals surface area contributed by atoms with E-state index in [2.05, 4.69) is 23.6 Å². The average molecular weight is 490 g/mol. The molecule has 4 rings (SSSR count). The Balaban J connectivity index is 1.52. The highest BCUT2D eigenvalue weighted by atomic mass is 16.5. The fraction of sp³-hybridized carbons (Fsp3) is 0.429. The highest BCUT2D eigenvalue weighted by Crippen LogP contribution is 2.61. The molecule has 8 nitrogen and oxygen atoms in total. The second-order valence-electron chi connectivity index (χ2n) is 9.55. The molecule has 1 heterocycles. The van der Waals surface area contributed by atoms with Crippen LogP contribution in [-0.4, -0.2) is 36.0 Å². The SMILES string of the molecule is CCCCNC(=O)c1ccc2c(c1)[C@]1(CCO2)C[C@H]1C(=O)Nc1cc(C#N)ccc1CCCC(=O)O. The summed E-state index contributed by atoms with van der Waals surface area (Å²) in [5.41, 5.74) is 2.84. The number of unbranched alkanes of at least 4 members (excludes halogenated alkanes) is 1. The lowest BCUT2D eigenvalue weighted by Gasteiger charge is -2.27. The average Bonchev–Trinajstić information content (AvgIpc) is 3.59. The van der Waals surface area contributed by atoms with Crippen molar-refractivity contribution >= 4 is 23.5 Å². The van der Waals surface area contributed by atoms with E-state index in [0.717, 1.165) is 24.0 Å². The molecule has 0 bridgehead atoms. The molecular weight excluding hydrogens is 458 g/mol. The van der Waals surface area contributed by atoms with E-state index in [9.17, 15) is 19.6 Å². The van der Waals surface area contributed by atoms with E-state index in [0.29, 0.717) is 61.4 Å². The molecule has 2 atom stereocenters. The maximum Gasteiger partial charge on any atom is 0.303 e. The lowest BCUT2D eigenvalue weighted by Crippen LogP contribution is -2.28. The number of carbonyl (C=O) groups excluding carboxylic acids is 2. The monoisotopic (exact) mass is 489 g/mol. The van der Waals surface area contributed by atoms with Gasteiger partial charge in [0.1, 0.15) is 5.75 Å². The molecule has 0 radical (unpaired) electrons. The Hall–Kier alpha value is -3.86. The molecule has 2 amide bonds. The predicted molar refractivity (Wildman–Crippen MR) is 134 cm³/mol. The quantitative estimate of drug-likeness (QED) is 0.430. The van der Waals surface area contributed by atoms with E-state index in [-0.39, 0.29) is 29.6 Å². The maximum absolute atomic E-state index is 13.4. The Bertz CT molecular complexity index is 1220. The van der Waals surface area contributed by atoms with Crippen molar-refractivity contribution in [3.8, 4) is 11.8 Å². The molecule has 1 aliphatic carbocycles. The molecule has 1 saturated carbocycles. The van der Waals surface area contributed by atoms with Crippen molar-refractivity contribution < 1.29 is 24.2 Å². The van der Waals surface area contributed by atoms with Crippen LogP contribution in [0.4, 0.5) is 5.69 Å². The number of carbonyl (C=O) groups is 3. The van der Waals surface area contributed by atoms with Gasteiger partial charge in [-0.3, -0.25) is 14.4 Å². The predicted octanol–water partition coefficient (Wildman–Crippen LogP) is 4.17. The third-order valence-electron chi connectivity index (χ3n) is 7.13. The molecular formula is C28H31N3O5. The smallest absolute Gasteiger partial charge is 0.303 e. The molecule has 2 aliphatic rings. The van der Waals surface area contributed by atoms with Gasteiger partial charge in [0, 0.05) is 41.1 Å². The minimum Gasteiger partial charge on any atom is -0.493 e. The topological polar surface area (TPSA) is 129 Å². The van der Waals surface area contributed by atoms with Gasteiger partial charge in [0.25, 0.3) is 5.91 Å². The number of benzene rings is 2. The maximum atomic E-state index is 13.4. The highest BCUT2D eigenvalue weighted by molar-refractivity contribution is 5.98. The first kappa shape index (κ1) is 25.2. The number of hydrogen-bond donors (Lipinski definition) is 3. The molecule has 1 spiro atoms. The van der Waals surface area contributed by atoms with Crippen molar-refractivity contribution in [1.29, 1.82) is 5.26 Å². The zero-order valence-corrected chi connectivity index (χ0v) is 20.4. The second kappa shape index (κ2) is 10.8. The number of fused-ring (bicyclic) bond motifs is 2. The summed E-state index contributed by atoms with van der Waals surface area (Å²) in [5.74, 6) is -0.715. The Morgan fingerprint density at radius 2 is 2.03 bits per heavy atom. The molecule has 2 aromatic rings. The number of nitriles is 1. The molecule has 1 aliphatic heterocycles. The van der Waals surface area contributed by atoms with E-state index in [1.807, 2.05) is 12.1 Å². The van der Waals surface area contributed by atoms with Crippen molar-refractivity contribution in [2.45, 2.75) is 57.3 Å². The number of hydrogen-bond acceptors (Lipinski definition) is 5. The van der Waals surface area contributed by atoms with Gasteiger partial charge in [-0.1, -0.05) is 19.4 Å². The molecule has 2 aromatic carbocycles. The molecule has 0 saturated heterocycles. The fourth-order valence-corrected chi connectivity index (χ4v) is 5.00. The van der Waals surface area contributed by atoms with Crippen LogP contribution in [0.5, 0.6) is 5.75 Å². The van der Waals surface area contributed by atoms with Crippen molar-refractivity contribution in [3.05, 3.63) is 58.7 Å². The molecule has 8 heteroatoms. The van der Waals surface area contributed by atoms with Crippen LogP contribution in [0.25, 0.3) is 0 Å². The van der Waals surface area contributed by atoms with Gasteiger partial charge in [0.15, 0.2) is 0 Å². The van der Waals surface area contributed by atoms with Gasteiger partial charge in [0.05, 0.1) is 18.2 Å². The van der Waals surface area contributed by atoms with Crippen LogP contribution in [-0.2, 0) is 21.4 Å². The van der Waals surface area contributed by atoms with Gasteiger partial charge in [-0.25, -0.2) is 0 Å². The minimum absolute atomic E-state index is 0.0320. The van der Waals surface area contributed by atoms with Gasteiger partial charge in [-0.05, 0) is 68.0 Å². The lowest BCUT2D eigenvalue weighted by atomic mass is 9.86. The molecule has 0 aromatic heterocycles. The summed E-state index contributed by atoms with van der Waals surface area (Å²) >= 11 is 0. The number of nitrogens with zero attached hydrogens (tertiary/aromatic N) is 1. The molecule has 1 fully saturated rings. The summed E-state index contributed by atoms with van der Waals surface area (Å²) in [4.78, 5) is 36.9. The van der Waals surface area contributed by atoms with Crippen LogP contribution in [0.1, 0.15) is 72.5 Å². The van der Waals surface area contributed by atoms with Gasteiger partial charge >= 0.3 is 5.97 Å². The van der Waals surface area contributed by atoms with Crippen molar-refractivity contribution in [1.82, 2.24) is 5.32 Å². The molecule has 3 N–H and O–H groups in total. The highest BCUT2D eigenvalue weighted by Gasteiger charge is 2.61. The van der Waals surface area contributed by atoms with E-state index in [1.165, 1.54) is 0 Å². The zero-order chi connectivity index (χ0) is 25.7. The van der Waals surface area contributed by atoms with Crippen molar-refractivity contribution in [3.63, 3.8) is 0 Å². The van der Waals surface area contributed by atoms with Gasteiger partial charge < -0.3 is 20.5 Å². The van der Waals surface area contributed by atoms with Crippen LogP contribution in [0.2, 0.25) is 0 Å². The summed E-state index contributed by atoms with van der Waals surface area (Å²) in [6.07, 6.45) is 4.20. The third kappa shape index (κ3) is 5.35. The number of aryl methyl sites for hydroxylation is 1. The van der Waals surface area contributed by atoms with Gasteiger partial charge in [0.2, 0.25) is 5.91 Å². The number of amides is 2. The van der Waals surface area contributed by atoms with Gasteiger partial charge in [-0.15, -0.1) is 0 Å². The minimum atomic E-state index is -0.870. The normalized spacial score (nSPS) is 19.5. The third-order valence-corrected chi connectivity index (χ3v) is 7.13. The summed E-state index contributed by atoms with van der Waals surface area (Å²) in [6.45, 7) is 3.19. The standard InChI is InChI=1S/C28H31N3O5/c1-2-3-12-30-26(34)20-9-10-24-21(15-20)28(11-13-36-24)16-22(28)27(35)31-23-14-18(17-29)7-8-19(23)5-4-6-25(32)33/h7-10,14-15,22H,2-6,11-13,16H2,1H3,(H,30,34)(H,31,35)(H,32,33)/t22-,28-/m0/s1. The van der Waals surface area contributed by atoms with Crippen molar-refractivity contribution in [2.24, 2.45) is 5.92 Å². The number of rotatable bonds is 10. The van der Waals surface area contributed by atoms with Crippen LogP contribution >= 0.6 is 0 Å². The molecule has 0 unspecified atom stereocenters. The molecule has 36 heavy (non-hydrogen) atoms. The first-order valence-corrected chi connectivity index (χ1v) is 12.5. The Labute approximate surface area is 210 Å². The number of aliphatic carboxylic acids is 1.